The van der Waals surface area contributed by atoms with E-state index in [1.54, 1.807) is 17.0 Å². The monoisotopic (exact) mass is 283 g/mol. The summed E-state index contributed by atoms with van der Waals surface area (Å²) in [5.74, 6) is -1.09. The molecule has 0 saturated heterocycles. The van der Waals surface area contributed by atoms with Gasteiger partial charge in [0, 0.05) is 18.7 Å². The number of nitrogens with zero attached hydrogens (tertiary/aromatic N) is 1. The van der Waals surface area contributed by atoms with Crippen LogP contribution in [0.3, 0.4) is 0 Å². The molecule has 2 aromatic carbocycles. The molecule has 0 unspecified atom stereocenters. The Labute approximate surface area is 123 Å². The largest absolute Gasteiger partial charge is 0.478 e. The van der Waals surface area contributed by atoms with Gasteiger partial charge in [0.2, 0.25) is 0 Å². The van der Waals surface area contributed by atoms with E-state index in [1.807, 2.05) is 37.3 Å². The highest BCUT2D eigenvalue weighted by Crippen LogP contribution is 2.11. The van der Waals surface area contributed by atoms with E-state index in [0.29, 0.717) is 18.7 Å². The summed E-state index contributed by atoms with van der Waals surface area (Å²) >= 11 is 0. The first-order valence-corrected chi connectivity index (χ1v) is 6.78. The summed E-state index contributed by atoms with van der Waals surface area (Å²) in [4.78, 5) is 25.0. The van der Waals surface area contributed by atoms with Crippen molar-refractivity contribution < 1.29 is 14.7 Å². The lowest BCUT2D eigenvalue weighted by Crippen LogP contribution is -2.30. The number of carbonyl (C=O) groups is 2. The normalized spacial score (nSPS) is 10.1. The molecule has 4 heteroatoms. The minimum atomic E-state index is -0.995. The molecule has 0 aliphatic heterocycles. The lowest BCUT2D eigenvalue weighted by molar-refractivity contribution is 0.0693. The van der Waals surface area contributed by atoms with Gasteiger partial charge in [-0.15, -0.1) is 0 Å². The fourth-order valence-electron chi connectivity index (χ4n) is 2.07. The van der Waals surface area contributed by atoms with Crippen LogP contribution < -0.4 is 0 Å². The van der Waals surface area contributed by atoms with Crippen molar-refractivity contribution in [2.75, 3.05) is 6.54 Å². The molecule has 21 heavy (non-hydrogen) atoms. The number of carboxylic acids is 1. The molecule has 0 saturated carbocycles. The summed E-state index contributed by atoms with van der Waals surface area (Å²) in [6.07, 6.45) is 0. The van der Waals surface area contributed by atoms with Gasteiger partial charge in [-0.3, -0.25) is 4.79 Å². The second-order valence-corrected chi connectivity index (χ2v) is 4.69. The SMILES string of the molecule is CCN(Cc1ccccc1)C(=O)c1ccc(C(=O)O)cc1. The topological polar surface area (TPSA) is 57.6 Å². The van der Waals surface area contributed by atoms with E-state index in [0.717, 1.165) is 5.56 Å². The maximum Gasteiger partial charge on any atom is 0.335 e. The molecule has 0 aromatic heterocycles. The lowest BCUT2D eigenvalue weighted by atomic mass is 10.1. The zero-order chi connectivity index (χ0) is 15.2. The predicted molar refractivity (Wildman–Crippen MR) is 80.3 cm³/mol. The van der Waals surface area contributed by atoms with Crippen molar-refractivity contribution in [1.29, 1.82) is 0 Å². The number of rotatable bonds is 5. The average Bonchev–Trinajstić information content (AvgIpc) is 2.53. The second-order valence-electron chi connectivity index (χ2n) is 4.69. The van der Waals surface area contributed by atoms with Crippen molar-refractivity contribution in [3.05, 3.63) is 71.3 Å². The Morgan fingerprint density at radius 1 is 0.952 bits per heavy atom. The highest BCUT2D eigenvalue weighted by Gasteiger charge is 2.15. The summed E-state index contributed by atoms with van der Waals surface area (Å²) in [6.45, 7) is 3.05. The third-order valence-electron chi connectivity index (χ3n) is 3.26. The van der Waals surface area contributed by atoms with Crippen molar-refractivity contribution in [3.8, 4) is 0 Å². The van der Waals surface area contributed by atoms with Crippen molar-refractivity contribution >= 4 is 11.9 Å². The molecule has 0 aliphatic rings. The predicted octanol–water partition coefficient (Wildman–Crippen LogP) is 3.05. The summed E-state index contributed by atoms with van der Waals surface area (Å²) < 4.78 is 0. The standard InChI is InChI=1S/C17H17NO3/c1-2-18(12-13-6-4-3-5-7-13)16(19)14-8-10-15(11-9-14)17(20)21/h3-11H,2,12H2,1H3,(H,20,21). The second kappa shape index (κ2) is 6.70. The summed E-state index contributed by atoms with van der Waals surface area (Å²) in [7, 11) is 0. The van der Waals surface area contributed by atoms with E-state index >= 15 is 0 Å². The summed E-state index contributed by atoms with van der Waals surface area (Å²) in [6, 6.07) is 15.8. The number of amides is 1. The number of aromatic carboxylic acids is 1. The van der Waals surface area contributed by atoms with Gasteiger partial charge in [-0.2, -0.15) is 0 Å². The molecule has 1 N–H and O–H groups in total. The molecule has 0 fully saturated rings. The van der Waals surface area contributed by atoms with Gasteiger partial charge < -0.3 is 10.0 Å². The maximum absolute atomic E-state index is 12.4. The Kier molecular flexibility index (Phi) is 4.72. The third kappa shape index (κ3) is 3.69. The smallest absolute Gasteiger partial charge is 0.335 e. The van der Waals surface area contributed by atoms with Crippen LogP contribution in [0, 0.1) is 0 Å². The van der Waals surface area contributed by atoms with Crippen molar-refractivity contribution in [2.45, 2.75) is 13.5 Å². The van der Waals surface area contributed by atoms with Crippen molar-refractivity contribution in [1.82, 2.24) is 4.90 Å². The van der Waals surface area contributed by atoms with Crippen LogP contribution in [0.1, 0.15) is 33.2 Å². The number of carbonyl (C=O) groups excluding carboxylic acids is 1. The van der Waals surface area contributed by atoms with Gasteiger partial charge >= 0.3 is 5.97 Å². The van der Waals surface area contributed by atoms with E-state index in [4.69, 9.17) is 5.11 Å². The minimum Gasteiger partial charge on any atom is -0.478 e. The van der Waals surface area contributed by atoms with Gasteiger partial charge in [0.15, 0.2) is 0 Å². The van der Waals surface area contributed by atoms with Gasteiger partial charge in [-0.1, -0.05) is 30.3 Å². The van der Waals surface area contributed by atoms with Gasteiger partial charge in [-0.25, -0.2) is 4.79 Å². The van der Waals surface area contributed by atoms with E-state index in [2.05, 4.69) is 0 Å². The molecular formula is C17H17NO3. The van der Waals surface area contributed by atoms with E-state index in [9.17, 15) is 9.59 Å². The molecule has 0 spiro atoms. The van der Waals surface area contributed by atoms with Crippen LogP contribution in [-0.2, 0) is 6.54 Å². The zero-order valence-electron chi connectivity index (χ0n) is 11.8. The average molecular weight is 283 g/mol. The molecule has 0 atom stereocenters. The molecule has 0 bridgehead atoms. The Bertz CT molecular complexity index is 620. The van der Waals surface area contributed by atoms with Crippen LogP contribution in [0.15, 0.2) is 54.6 Å². The van der Waals surface area contributed by atoms with Gasteiger partial charge in [0.1, 0.15) is 0 Å². The molecule has 108 valence electrons. The molecule has 2 aromatic rings. The number of carboxylic acid groups (broad SMARTS) is 1. The van der Waals surface area contributed by atoms with E-state index in [1.165, 1.54) is 12.1 Å². The first-order valence-electron chi connectivity index (χ1n) is 6.78. The number of benzene rings is 2. The Morgan fingerprint density at radius 3 is 2.05 bits per heavy atom. The highest BCUT2D eigenvalue weighted by molar-refractivity contribution is 5.95. The minimum absolute atomic E-state index is 0.0988. The molecular weight excluding hydrogens is 266 g/mol. The van der Waals surface area contributed by atoms with Crippen LogP contribution in [-0.4, -0.2) is 28.4 Å². The Balaban J connectivity index is 2.14. The van der Waals surface area contributed by atoms with Gasteiger partial charge in [0.25, 0.3) is 5.91 Å². The van der Waals surface area contributed by atoms with Crippen LogP contribution in [0.4, 0.5) is 0 Å². The summed E-state index contributed by atoms with van der Waals surface area (Å²) in [5.41, 5.74) is 1.74. The molecule has 1 amide bonds. The fourth-order valence-corrected chi connectivity index (χ4v) is 2.07. The molecule has 0 aliphatic carbocycles. The maximum atomic E-state index is 12.4. The molecule has 2 rings (SSSR count). The number of hydrogen-bond acceptors (Lipinski definition) is 2. The first-order chi connectivity index (χ1) is 10.1. The quantitative estimate of drug-likeness (QED) is 0.917. The van der Waals surface area contributed by atoms with Crippen LogP contribution in [0.5, 0.6) is 0 Å². The zero-order valence-corrected chi connectivity index (χ0v) is 11.8. The first kappa shape index (κ1) is 14.8. The lowest BCUT2D eigenvalue weighted by Gasteiger charge is -2.21. The van der Waals surface area contributed by atoms with Crippen molar-refractivity contribution in [3.63, 3.8) is 0 Å². The van der Waals surface area contributed by atoms with Crippen LogP contribution in [0.25, 0.3) is 0 Å². The number of hydrogen-bond donors (Lipinski definition) is 1. The fraction of sp³-hybridized carbons (Fsp3) is 0.176. The van der Waals surface area contributed by atoms with Crippen molar-refractivity contribution in [2.24, 2.45) is 0 Å². The van der Waals surface area contributed by atoms with Gasteiger partial charge in [0.05, 0.1) is 5.56 Å². The van der Waals surface area contributed by atoms with Crippen LogP contribution >= 0.6 is 0 Å². The van der Waals surface area contributed by atoms with Crippen LogP contribution in [0.2, 0.25) is 0 Å². The highest BCUT2D eigenvalue weighted by atomic mass is 16.4. The Morgan fingerprint density at radius 2 is 1.52 bits per heavy atom. The molecule has 0 radical (unpaired) electrons. The van der Waals surface area contributed by atoms with E-state index < -0.39 is 5.97 Å². The molecule has 4 nitrogen and oxygen atoms in total. The van der Waals surface area contributed by atoms with Gasteiger partial charge in [-0.05, 0) is 36.8 Å². The summed E-state index contributed by atoms with van der Waals surface area (Å²) in [5, 5.41) is 8.87. The third-order valence-corrected chi connectivity index (χ3v) is 3.26. The molecule has 0 heterocycles. The van der Waals surface area contributed by atoms with E-state index in [-0.39, 0.29) is 11.5 Å². The Hall–Kier alpha value is -2.62.